The third-order valence-corrected chi connectivity index (χ3v) is 3.31. The van der Waals surface area contributed by atoms with Crippen molar-refractivity contribution >= 4 is 11.4 Å². The zero-order valence-electron chi connectivity index (χ0n) is 12.3. The summed E-state index contributed by atoms with van der Waals surface area (Å²) in [4.78, 5) is 10.8. The lowest BCUT2D eigenvalue weighted by Crippen LogP contribution is -2.09. The number of benzene rings is 1. The van der Waals surface area contributed by atoms with Crippen molar-refractivity contribution in [2.45, 2.75) is 26.2 Å². The van der Waals surface area contributed by atoms with E-state index in [1.807, 2.05) is 0 Å². The highest BCUT2D eigenvalue weighted by Gasteiger charge is 2.21. The van der Waals surface area contributed by atoms with Gasteiger partial charge in [0.25, 0.3) is 0 Å². The zero-order chi connectivity index (χ0) is 15.1. The van der Waals surface area contributed by atoms with E-state index in [4.69, 9.17) is 9.47 Å². The van der Waals surface area contributed by atoms with Crippen LogP contribution in [0.25, 0.3) is 0 Å². The maximum absolute atomic E-state index is 11.2. The molecular formula is C15H22N2O4. The predicted octanol–water partition coefficient (Wildman–Crippen LogP) is 3.22. The maximum atomic E-state index is 11.2. The highest BCUT2D eigenvalue weighted by molar-refractivity contribution is 5.68. The first kappa shape index (κ1) is 15.6. The average molecular weight is 294 g/mol. The summed E-state index contributed by atoms with van der Waals surface area (Å²) in [5.74, 6) is 1.07. The number of anilines is 1. The normalized spacial score (nSPS) is 14.0. The van der Waals surface area contributed by atoms with E-state index in [-0.39, 0.29) is 5.69 Å². The zero-order valence-corrected chi connectivity index (χ0v) is 12.3. The van der Waals surface area contributed by atoms with Crippen LogP contribution in [-0.4, -0.2) is 31.3 Å². The Bertz CT molecular complexity index is 475. The fraction of sp³-hybridized carbons (Fsp3) is 0.600. The Balaban J connectivity index is 1.82. The summed E-state index contributed by atoms with van der Waals surface area (Å²) < 4.78 is 10.8. The van der Waals surface area contributed by atoms with Gasteiger partial charge in [-0.1, -0.05) is 6.07 Å². The first-order valence-electron chi connectivity index (χ1n) is 7.44. The van der Waals surface area contributed by atoms with Crippen molar-refractivity contribution in [1.82, 2.24) is 0 Å². The molecule has 0 atom stereocenters. The smallest absolute Gasteiger partial charge is 0.333 e. The molecule has 0 radical (unpaired) electrons. The van der Waals surface area contributed by atoms with Gasteiger partial charge in [-0.25, -0.2) is 0 Å². The van der Waals surface area contributed by atoms with Gasteiger partial charge >= 0.3 is 5.69 Å². The van der Waals surface area contributed by atoms with Crippen LogP contribution in [0.1, 0.15) is 26.2 Å². The Kier molecular flexibility index (Phi) is 5.80. The summed E-state index contributed by atoms with van der Waals surface area (Å²) in [7, 11) is 0. The first-order valence-corrected chi connectivity index (χ1v) is 7.44. The fourth-order valence-electron chi connectivity index (χ4n) is 2.06. The number of rotatable bonds is 10. The van der Waals surface area contributed by atoms with Gasteiger partial charge in [-0.2, -0.15) is 0 Å². The van der Waals surface area contributed by atoms with Gasteiger partial charge in [0.15, 0.2) is 5.75 Å². The van der Waals surface area contributed by atoms with E-state index in [1.165, 1.54) is 12.8 Å². The Morgan fingerprint density at radius 3 is 2.90 bits per heavy atom. The Labute approximate surface area is 124 Å². The van der Waals surface area contributed by atoms with Gasteiger partial charge in [0.2, 0.25) is 0 Å². The van der Waals surface area contributed by atoms with Crippen molar-refractivity contribution in [2.24, 2.45) is 5.92 Å². The summed E-state index contributed by atoms with van der Waals surface area (Å²) in [6, 6.07) is 5.07. The number of nitrogens with zero attached hydrogens (tertiary/aromatic N) is 1. The quantitative estimate of drug-likeness (QED) is 0.407. The molecular weight excluding hydrogens is 272 g/mol. The number of nitro groups is 1. The van der Waals surface area contributed by atoms with Crippen molar-refractivity contribution in [3.63, 3.8) is 0 Å². The van der Waals surface area contributed by atoms with Gasteiger partial charge in [-0.15, -0.1) is 0 Å². The topological polar surface area (TPSA) is 73.6 Å². The number of hydrogen-bond donors (Lipinski definition) is 1. The van der Waals surface area contributed by atoms with Crippen LogP contribution in [0.5, 0.6) is 5.75 Å². The molecule has 0 heterocycles. The number of nitrogens with one attached hydrogen (secondary N) is 1. The number of nitro benzene ring substituents is 1. The van der Waals surface area contributed by atoms with Gasteiger partial charge < -0.3 is 14.8 Å². The van der Waals surface area contributed by atoms with E-state index in [0.29, 0.717) is 31.2 Å². The van der Waals surface area contributed by atoms with Crippen LogP contribution in [-0.2, 0) is 4.74 Å². The minimum Gasteiger partial charge on any atom is -0.487 e. The van der Waals surface area contributed by atoms with Gasteiger partial charge in [0, 0.05) is 19.8 Å². The second-order valence-electron chi connectivity index (χ2n) is 5.14. The van der Waals surface area contributed by atoms with Crippen LogP contribution in [0.15, 0.2) is 18.2 Å². The summed E-state index contributed by atoms with van der Waals surface area (Å²) in [6.45, 7) is 4.38. The van der Waals surface area contributed by atoms with E-state index in [2.05, 4.69) is 5.32 Å². The number of hydrogen-bond acceptors (Lipinski definition) is 5. The lowest BCUT2D eigenvalue weighted by molar-refractivity contribution is -0.384. The molecule has 1 aliphatic rings. The fourth-order valence-corrected chi connectivity index (χ4v) is 2.06. The molecule has 1 fully saturated rings. The van der Waals surface area contributed by atoms with E-state index in [1.54, 1.807) is 25.1 Å². The van der Waals surface area contributed by atoms with Gasteiger partial charge in [-0.3, -0.25) is 10.1 Å². The molecule has 0 amide bonds. The standard InChI is InChI=1S/C15H22N2O4/c1-2-21-14-6-3-5-13(15(14)17(18)19)16-9-4-10-20-11-12-7-8-12/h3,5-6,12,16H,2,4,7-11H2,1H3. The molecule has 1 aliphatic carbocycles. The van der Waals surface area contributed by atoms with Gasteiger partial charge in [0.05, 0.1) is 11.5 Å². The van der Waals surface area contributed by atoms with Crippen LogP contribution in [0.4, 0.5) is 11.4 Å². The molecule has 2 rings (SSSR count). The second kappa shape index (κ2) is 7.83. The Morgan fingerprint density at radius 1 is 1.43 bits per heavy atom. The third-order valence-electron chi connectivity index (χ3n) is 3.31. The molecule has 6 nitrogen and oxygen atoms in total. The van der Waals surface area contributed by atoms with Crippen molar-refractivity contribution < 1.29 is 14.4 Å². The lowest BCUT2D eigenvalue weighted by Gasteiger charge is -2.10. The SMILES string of the molecule is CCOc1cccc(NCCCOCC2CC2)c1[N+](=O)[O-]. The number of ether oxygens (including phenoxy) is 2. The molecule has 0 saturated heterocycles. The highest BCUT2D eigenvalue weighted by Crippen LogP contribution is 2.34. The van der Waals surface area contributed by atoms with Crippen LogP contribution >= 0.6 is 0 Å². The molecule has 1 N–H and O–H groups in total. The van der Waals surface area contributed by atoms with Crippen LogP contribution in [0, 0.1) is 16.0 Å². The van der Waals surface area contributed by atoms with E-state index in [0.717, 1.165) is 18.9 Å². The second-order valence-corrected chi connectivity index (χ2v) is 5.14. The van der Waals surface area contributed by atoms with Crippen LogP contribution in [0.3, 0.4) is 0 Å². The predicted molar refractivity (Wildman–Crippen MR) is 80.9 cm³/mol. The molecule has 0 unspecified atom stereocenters. The van der Waals surface area contributed by atoms with Crippen LogP contribution < -0.4 is 10.1 Å². The molecule has 0 bridgehead atoms. The van der Waals surface area contributed by atoms with E-state index < -0.39 is 4.92 Å². The van der Waals surface area contributed by atoms with Crippen LogP contribution in [0.2, 0.25) is 0 Å². The molecule has 0 aliphatic heterocycles. The van der Waals surface area contributed by atoms with Gasteiger partial charge in [0.1, 0.15) is 5.69 Å². The van der Waals surface area contributed by atoms with E-state index in [9.17, 15) is 10.1 Å². The third kappa shape index (κ3) is 4.90. The largest absolute Gasteiger partial charge is 0.487 e. The molecule has 6 heteroatoms. The lowest BCUT2D eigenvalue weighted by atomic mass is 10.2. The molecule has 1 saturated carbocycles. The van der Waals surface area contributed by atoms with Crippen molar-refractivity contribution in [2.75, 3.05) is 31.7 Å². The first-order chi connectivity index (χ1) is 10.2. The summed E-state index contributed by atoms with van der Waals surface area (Å²) in [6.07, 6.45) is 3.39. The molecule has 0 spiro atoms. The summed E-state index contributed by atoms with van der Waals surface area (Å²) in [5, 5.41) is 14.3. The maximum Gasteiger partial charge on any atom is 0.333 e. The van der Waals surface area contributed by atoms with Gasteiger partial charge in [-0.05, 0) is 44.2 Å². The van der Waals surface area contributed by atoms with Crippen molar-refractivity contribution in [3.8, 4) is 5.75 Å². The molecule has 1 aromatic rings. The average Bonchev–Trinajstić information content (AvgIpc) is 3.27. The monoisotopic (exact) mass is 294 g/mol. The van der Waals surface area contributed by atoms with E-state index >= 15 is 0 Å². The van der Waals surface area contributed by atoms with Crippen molar-refractivity contribution in [3.05, 3.63) is 28.3 Å². The number of para-hydroxylation sites is 1. The minimum atomic E-state index is -0.406. The molecule has 21 heavy (non-hydrogen) atoms. The summed E-state index contributed by atoms with van der Waals surface area (Å²) in [5.41, 5.74) is 0.492. The Hall–Kier alpha value is -1.82. The highest BCUT2D eigenvalue weighted by atomic mass is 16.6. The molecule has 0 aromatic heterocycles. The minimum absolute atomic E-state index is 0.00162. The Morgan fingerprint density at radius 2 is 2.24 bits per heavy atom. The summed E-state index contributed by atoms with van der Waals surface area (Å²) >= 11 is 0. The van der Waals surface area contributed by atoms with Crippen molar-refractivity contribution in [1.29, 1.82) is 0 Å². The molecule has 1 aromatic carbocycles. The molecule has 116 valence electrons.